The summed E-state index contributed by atoms with van der Waals surface area (Å²) in [4.78, 5) is 16.5. The molecule has 0 spiro atoms. The van der Waals surface area contributed by atoms with E-state index < -0.39 is 0 Å². The number of hydrogen-bond acceptors (Lipinski definition) is 4. The number of halogens is 1. The molecule has 6 heteroatoms. The minimum atomic E-state index is 0.0603. The van der Waals surface area contributed by atoms with E-state index in [0.29, 0.717) is 5.13 Å². The summed E-state index contributed by atoms with van der Waals surface area (Å²) in [6, 6.07) is 7.97. The molecule has 1 amide bonds. The van der Waals surface area contributed by atoms with Crippen LogP contribution >= 0.6 is 27.3 Å². The van der Waals surface area contributed by atoms with Crippen molar-refractivity contribution in [3.63, 3.8) is 0 Å². The average molecular weight is 352 g/mol. The third kappa shape index (κ3) is 3.08. The van der Waals surface area contributed by atoms with E-state index in [0.717, 1.165) is 35.2 Å². The van der Waals surface area contributed by atoms with Gasteiger partial charge in [-0.15, -0.1) is 11.3 Å². The fraction of sp³-hybridized carbons (Fsp3) is 0.286. The summed E-state index contributed by atoms with van der Waals surface area (Å²) in [5.41, 5.74) is 1.93. The number of aromatic nitrogens is 1. The van der Waals surface area contributed by atoms with Crippen LogP contribution < -0.4 is 10.6 Å². The third-order valence-electron chi connectivity index (χ3n) is 3.29. The monoisotopic (exact) mass is 351 g/mol. The highest BCUT2D eigenvalue weighted by atomic mass is 79.9. The van der Waals surface area contributed by atoms with E-state index in [4.69, 9.17) is 0 Å². The molecule has 0 saturated carbocycles. The molecule has 1 aliphatic rings. The lowest BCUT2D eigenvalue weighted by Gasteiger charge is -2.06. The molecule has 2 heterocycles. The highest BCUT2D eigenvalue weighted by Gasteiger charge is 2.23. The first-order valence-electron chi connectivity index (χ1n) is 6.45. The topological polar surface area (TPSA) is 54.0 Å². The van der Waals surface area contributed by atoms with Crippen molar-refractivity contribution < 1.29 is 4.79 Å². The number of thiazole rings is 1. The second-order valence-electron chi connectivity index (χ2n) is 4.73. The molecular weight excluding hydrogens is 338 g/mol. The van der Waals surface area contributed by atoms with Gasteiger partial charge in [0.1, 0.15) is 0 Å². The highest BCUT2D eigenvalue weighted by molar-refractivity contribution is 9.10. The maximum absolute atomic E-state index is 12.0. The van der Waals surface area contributed by atoms with Crippen LogP contribution in [0, 0.1) is 5.92 Å². The van der Waals surface area contributed by atoms with E-state index in [1.165, 1.54) is 11.3 Å². The summed E-state index contributed by atoms with van der Waals surface area (Å²) in [6.07, 6.45) is 0.899. The fourth-order valence-corrected chi connectivity index (χ4v) is 3.32. The molecular formula is C14H14BrN3OS. The number of amides is 1. The van der Waals surface area contributed by atoms with Crippen LogP contribution in [0.2, 0.25) is 0 Å². The van der Waals surface area contributed by atoms with E-state index in [1.54, 1.807) is 0 Å². The Balaban J connectivity index is 1.72. The van der Waals surface area contributed by atoms with Crippen LogP contribution in [0.4, 0.5) is 5.13 Å². The first-order valence-corrected chi connectivity index (χ1v) is 8.13. The van der Waals surface area contributed by atoms with Gasteiger partial charge in [0.2, 0.25) is 5.91 Å². The van der Waals surface area contributed by atoms with Crippen LogP contribution in [-0.4, -0.2) is 24.0 Å². The van der Waals surface area contributed by atoms with E-state index >= 15 is 0 Å². The lowest BCUT2D eigenvalue weighted by atomic mass is 10.1. The maximum Gasteiger partial charge on any atom is 0.230 e. The summed E-state index contributed by atoms with van der Waals surface area (Å²) in [5.74, 6) is 0.123. The van der Waals surface area contributed by atoms with Gasteiger partial charge in [0.15, 0.2) is 5.13 Å². The first-order chi connectivity index (χ1) is 9.72. The maximum atomic E-state index is 12.0. The normalized spacial score (nSPS) is 18.1. The van der Waals surface area contributed by atoms with Gasteiger partial charge >= 0.3 is 0 Å². The van der Waals surface area contributed by atoms with Crippen molar-refractivity contribution in [2.75, 3.05) is 18.4 Å². The minimum Gasteiger partial charge on any atom is -0.316 e. The zero-order valence-corrected chi connectivity index (χ0v) is 13.1. The van der Waals surface area contributed by atoms with Crippen molar-refractivity contribution in [3.8, 4) is 11.3 Å². The Morgan fingerprint density at radius 3 is 3.15 bits per heavy atom. The molecule has 20 heavy (non-hydrogen) atoms. The van der Waals surface area contributed by atoms with Crippen LogP contribution in [0.3, 0.4) is 0 Å². The molecule has 0 radical (unpaired) electrons. The van der Waals surface area contributed by atoms with Gasteiger partial charge in [0.25, 0.3) is 0 Å². The summed E-state index contributed by atoms with van der Waals surface area (Å²) < 4.78 is 1.02. The Morgan fingerprint density at radius 1 is 1.50 bits per heavy atom. The van der Waals surface area contributed by atoms with Crippen molar-refractivity contribution >= 4 is 38.3 Å². The lowest BCUT2D eigenvalue weighted by Crippen LogP contribution is -2.24. The molecule has 1 fully saturated rings. The van der Waals surface area contributed by atoms with Gasteiger partial charge in [-0.1, -0.05) is 28.1 Å². The van der Waals surface area contributed by atoms with Gasteiger partial charge in [-0.05, 0) is 25.1 Å². The molecule has 2 N–H and O–H groups in total. The molecule has 3 rings (SSSR count). The summed E-state index contributed by atoms with van der Waals surface area (Å²) >= 11 is 4.91. The largest absolute Gasteiger partial charge is 0.316 e. The Bertz CT molecular complexity index is 622. The second kappa shape index (κ2) is 6.03. The van der Waals surface area contributed by atoms with E-state index in [9.17, 15) is 4.79 Å². The molecule has 1 aromatic heterocycles. The number of benzene rings is 1. The van der Waals surface area contributed by atoms with Crippen molar-refractivity contribution in [2.45, 2.75) is 6.42 Å². The predicted octanol–water partition coefficient (Wildman–Crippen LogP) is 3.12. The van der Waals surface area contributed by atoms with Crippen LogP contribution in [0.1, 0.15) is 6.42 Å². The predicted molar refractivity (Wildman–Crippen MR) is 84.9 cm³/mol. The van der Waals surface area contributed by atoms with E-state index in [1.807, 2.05) is 29.6 Å². The highest BCUT2D eigenvalue weighted by Crippen LogP contribution is 2.27. The van der Waals surface area contributed by atoms with Crippen molar-refractivity contribution in [2.24, 2.45) is 5.92 Å². The van der Waals surface area contributed by atoms with E-state index in [-0.39, 0.29) is 11.8 Å². The molecule has 104 valence electrons. The molecule has 2 aromatic rings. The average Bonchev–Trinajstić information content (AvgIpc) is 3.10. The van der Waals surface area contributed by atoms with Crippen LogP contribution in [0.5, 0.6) is 0 Å². The summed E-state index contributed by atoms with van der Waals surface area (Å²) in [6.45, 7) is 1.68. The fourth-order valence-electron chi connectivity index (χ4n) is 2.20. The number of hydrogen-bond donors (Lipinski definition) is 2. The smallest absolute Gasteiger partial charge is 0.230 e. The Labute approximate surface area is 129 Å². The van der Waals surface area contributed by atoms with Crippen molar-refractivity contribution in [1.29, 1.82) is 0 Å². The first kappa shape index (κ1) is 13.7. The molecule has 1 aliphatic heterocycles. The molecule has 4 nitrogen and oxygen atoms in total. The van der Waals surface area contributed by atoms with Crippen molar-refractivity contribution in [1.82, 2.24) is 10.3 Å². The molecule has 1 unspecified atom stereocenters. The van der Waals surface area contributed by atoms with Gasteiger partial charge in [0, 0.05) is 22.0 Å². The Hall–Kier alpha value is -1.24. The van der Waals surface area contributed by atoms with Crippen molar-refractivity contribution in [3.05, 3.63) is 34.1 Å². The molecule has 0 bridgehead atoms. The number of rotatable bonds is 3. The number of anilines is 1. The van der Waals surface area contributed by atoms with Gasteiger partial charge in [-0.2, -0.15) is 0 Å². The Kier molecular flexibility index (Phi) is 4.14. The van der Waals surface area contributed by atoms with Gasteiger partial charge in [-0.25, -0.2) is 4.98 Å². The Morgan fingerprint density at radius 2 is 2.40 bits per heavy atom. The number of nitrogens with zero attached hydrogens (tertiary/aromatic N) is 1. The number of carbonyl (C=O) groups is 1. The minimum absolute atomic E-state index is 0.0603. The van der Waals surface area contributed by atoms with Gasteiger partial charge in [0.05, 0.1) is 11.6 Å². The lowest BCUT2D eigenvalue weighted by molar-refractivity contribution is -0.119. The SMILES string of the molecule is O=C(Nc1nc(-c2cccc(Br)c2)cs1)C1CCNC1. The second-order valence-corrected chi connectivity index (χ2v) is 6.50. The zero-order chi connectivity index (χ0) is 13.9. The summed E-state index contributed by atoms with van der Waals surface area (Å²) in [7, 11) is 0. The van der Waals surface area contributed by atoms with Crippen LogP contribution in [0.15, 0.2) is 34.1 Å². The number of nitrogens with one attached hydrogen (secondary N) is 2. The van der Waals surface area contributed by atoms with Crippen LogP contribution in [0.25, 0.3) is 11.3 Å². The standard InChI is InChI=1S/C14H14BrN3OS/c15-11-3-1-2-9(6-11)12-8-20-14(17-12)18-13(19)10-4-5-16-7-10/h1-3,6,8,10,16H,4-5,7H2,(H,17,18,19). The van der Waals surface area contributed by atoms with Crippen LogP contribution in [-0.2, 0) is 4.79 Å². The zero-order valence-electron chi connectivity index (χ0n) is 10.7. The molecule has 0 aliphatic carbocycles. The summed E-state index contributed by atoms with van der Waals surface area (Å²) in [5, 5.41) is 8.72. The molecule has 1 atom stereocenters. The molecule has 1 aromatic carbocycles. The number of carbonyl (C=O) groups excluding carboxylic acids is 1. The van der Waals surface area contributed by atoms with Gasteiger partial charge in [-0.3, -0.25) is 4.79 Å². The third-order valence-corrected chi connectivity index (χ3v) is 4.54. The van der Waals surface area contributed by atoms with Gasteiger partial charge < -0.3 is 10.6 Å². The quantitative estimate of drug-likeness (QED) is 0.893. The molecule has 1 saturated heterocycles. The van der Waals surface area contributed by atoms with E-state index in [2.05, 4.69) is 31.5 Å².